The van der Waals surface area contributed by atoms with Crippen molar-refractivity contribution in [1.82, 2.24) is 4.90 Å². The van der Waals surface area contributed by atoms with Crippen molar-refractivity contribution in [2.75, 3.05) is 25.6 Å². The van der Waals surface area contributed by atoms with Crippen LogP contribution in [0.2, 0.25) is 0 Å². The van der Waals surface area contributed by atoms with Gasteiger partial charge in [0.1, 0.15) is 0 Å². The zero-order valence-corrected chi connectivity index (χ0v) is 9.53. The molecule has 0 aromatic rings. The zero-order chi connectivity index (χ0) is 9.14. The second kappa shape index (κ2) is 4.52. The van der Waals surface area contributed by atoms with Crippen LogP contribution in [0.3, 0.4) is 0 Å². The molecule has 0 aromatic heterocycles. The fraction of sp³-hybridized carbons (Fsp3) is 1.00. The van der Waals surface area contributed by atoms with E-state index in [2.05, 4.69) is 32.1 Å². The summed E-state index contributed by atoms with van der Waals surface area (Å²) in [7, 11) is 2.27. The van der Waals surface area contributed by atoms with E-state index in [0.717, 1.165) is 17.9 Å². The Kier molecular flexibility index (Phi) is 3.91. The number of rotatable bonds is 3. The molecule has 0 aromatic carbocycles. The monoisotopic (exact) mass is 187 g/mol. The van der Waals surface area contributed by atoms with Crippen molar-refractivity contribution in [1.29, 1.82) is 0 Å². The second-order valence-electron chi connectivity index (χ2n) is 4.29. The van der Waals surface area contributed by atoms with Gasteiger partial charge in [-0.3, -0.25) is 0 Å². The van der Waals surface area contributed by atoms with Crippen molar-refractivity contribution < 1.29 is 0 Å². The standard InChI is InChI=1S/C10H21NS/c1-8(2)9-5-10(7-12-4)11(3)6-9/h8-10H,5-7H2,1-4H3. The highest BCUT2D eigenvalue weighted by Crippen LogP contribution is 2.28. The van der Waals surface area contributed by atoms with Crippen LogP contribution in [0.15, 0.2) is 0 Å². The Balaban J connectivity index is 2.39. The van der Waals surface area contributed by atoms with Gasteiger partial charge in [0, 0.05) is 18.3 Å². The average molecular weight is 187 g/mol. The van der Waals surface area contributed by atoms with E-state index in [9.17, 15) is 0 Å². The molecule has 72 valence electrons. The van der Waals surface area contributed by atoms with E-state index in [1.165, 1.54) is 18.7 Å². The maximum Gasteiger partial charge on any atom is 0.0186 e. The Bertz CT molecular complexity index is 136. The van der Waals surface area contributed by atoms with Crippen LogP contribution in [0.1, 0.15) is 20.3 Å². The molecule has 1 nitrogen and oxygen atoms in total. The van der Waals surface area contributed by atoms with Crippen molar-refractivity contribution in [2.45, 2.75) is 26.3 Å². The van der Waals surface area contributed by atoms with E-state index in [0.29, 0.717) is 0 Å². The highest BCUT2D eigenvalue weighted by atomic mass is 32.2. The summed E-state index contributed by atoms with van der Waals surface area (Å²) < 4.78 is 0. The molecule has 12 heavy (non-hydrogen) atoms. The van der Waals surface area contributed by atoms with Gasteiger partial charge in [0.25, 0.3) is 0 Å². The van der Waals surface area contributed by atoms with Gasteiger partial charge >= 0.3 is 0 Å². The minimum atomic E-state index is 0.840. The maximum atomic E-state index is 2.53. The summed E-state index contributed by atoms with van der Waals surface area (Å²) in [6, 6.07) is 0.840. The van der Waals surface area contributed by atoms with Crippen molar-refractivity contribution in [3.05, 3.63) is 0 Å². The Hall–Kier alpha value is 0.310. The molecule has 2 atom stereocenters. The topological polar surface area (TPSA) is 3.24 Å². The molecule has 2 heteroatoms. The summed E-state index contributed by atoms with van der Waals surface area (Å²) in [5.41, 5.74) is 0. The third-order valence-corrected chi connectivity index (χ3v) is 3.74. The lowest BCUT2D eigenvalue weighted by molar-refractivity contribution is 0.318. The molecule has 1 aliphatic rings. The van der Waals surface area contributed by atoms with Crippen molar-refractivity contribution in [3.63, 3.8) is 0 Å². The fourth-order valence-corrected chi connectivity index (χ4v) is 2.77. The molecule has 1 rings (SSSR count). The van der Waals surface area contributed by atoms with E-state index in [4.69, 9.17) is 0 Å². The summed E-state index contributed by atoms with van der Waals surface area (Å²) in [5, 5.41) is 0. The van der Waals surface area contributed by atoms with Gasteiger partial charge in [-0.2, -0.15) is 11.8 Å². The van der Waals surface area contributed by atoms with Gasteiger partial charge in [0.2, 0.25) is 0 Å². The van der Waals surface area contributed by atoms with Crippen LogP contribution in [-0.2, 0) is 0 Å². The molecular weight excluding hydrogens is 166 g/mol. The smallest absolute Gasteiger partial charge is 0.0186 e. The Labute approximate surface area is 80.9 Å². The van der Waals surface area contributed by atoms with Gasteiger partial charge in [0.05, 0.1) is 0 Å². The lowest BCUT2D eigenvalue weighted by Crippen LogP contribution is -2.26. The van der Waals surface area contributed by atoms with Crippen LogP contribution >= 0.6 is 11.8 Å². The fourth-order valence-electron chi connectivity index (χ4n) is 1.99. The van der Waals surface area contributed by atoms with E-state index >= 15 is 0 Å². The summed E-state index contributed by atoms with van der Waals surface area (Å²) in [6.07, 6.45) is 3.62. The molecule has 1 fully saturated rings. The van der Waals surface area contributed by atoms with Gasteiger partial charge in [-0.15, -0.1) is 0 Å². The molecule has 0 bridgehead atoms. The first-order valence-corrected chi connectivity index (χ1v) is 6.23. The normalized spacial score (nSPS) is 31.8. The van der Waals surface area contributed by atoms with Crippen LogP contribution < -0.4 is 0 Å². The highest BCUT2D eigenvalue weighted by molar-refractivity contribution is 7.98. The molecule has 1 aliphatic heterocycles. The molecule has 2 unspecified atom stereocenters. The molecule has 0 aliphatic carbocycles. The van der Waals surface area contributed by atoms with Crippen LogP contribution in [-0.4, -0.2) is 36.5 Å². The summed E-state index contributed by atoms with van der Waals surface area (Å²) >= 11 is 1.97. The van der Waals surface area contributed by atoms with Gasteiger partial charge < -0.3 is 4.90 Å². The minimum Gasteiger partial charge on any atom is -0.302 e. The summed E-state index contributed by atoms with van der Waals surface area (Å²) in [6.45, 7) is 6.00. The molecule has 1 saturated heterocycles. The Morgan fingerprint density at radius 1 is 1.50 bits per heavy atom. The third-order valence-electron chi connectivity index (χ3n) is 3.02. The lowest BCUT2D eigenvalue weighted by Gasteiger charge is -2.17. The van der Waals surface area contributed by atoms with Crippen molar-refractivity contribution >= 4 is 11.8 Å². The van der Waals surface area contributed by atoms with Crippen LogP contribution in [0, 0.1) is 11.8 Å². The van der Waals surface area contributed by atoms with Gasteiger partial charge in [-0.25, -0.2) is 0 Å². The predicted molar refractivity (Wildman–Crippen MR) is 57.7 cm³/mol. The first-order valence-electron chi connectivity index (χ1n) is 4.84. The first kappa shape index (κ1) is 10.4. The minimum absolute atomic E-state index is 0.840. The quantitative estimate of drug-likeness (QED) is 0.667. The average Bonchev–Trinajstić information content (AvgIpc) is 2.34. The Morgan fingerprint density at radius 2 is 2.17 bits per heavy atom. The first-order chi connectivity index (χ1) is 5.65. The van der Waals surface area contributed by atoms with Gasteiger partial charge in [-0.05, 0) is 31.6 Å². The van der Waals surface area contributed by atoms with Crippen LogP contribution in [0.25, 0.3) is 0 Å². The molecule has 0 saturated carbocycles. The van der Waals surface area contributed by atoms with E-state index < -0.39 is 0 Å². The van der Waals surface area contributed by atoms with Gasteiger partial charge in [-0.1, -0.05) is 13.8 Å². The maximum absolute atomic E-state index is 2.53. The van der Waals surface area contributed by atoms with Crippen molar-refractivity contribution in [2.24, 2.45) is 11.8 Å². The molecule has 0 amide bonds. The number of hydrogen-bond donors (Lipinski definition) is 0. The molecule has 0 radical (unpaired) electrons. The third kappa shape index (κ3) is 2.40. The van der Waals surface area contributed by atoms with E-state index in [-0.39, 0.29) is 0 Å². The summed E-state index contributed by atoms with van der Waals surface area (Å²) in [4.78, 5) is 2.53. The highest BCUT2D eigenvalue weighted by Gasteiger charge is 2.30. The number of thioether (sulfide) groups is 1. The molecule has 0 spiro atoms. The SMILES string of the molecule is CSCC1CC(C(C)C)CN1C. The van der Waals surface area contributed by atoms with Crippen LogP contribution in [0.5, 0.6) is 0 Å². The number of nitrogens with zero attached hydrogens (tertiary/aromatic N) is 1. The molecule has 0 N–H and O–H groups in total. The molecule has 1 heterocycles. The van der Waals surface area contributed by atoms with E-state index in [1.54, 1.807) is 0 Å². The molecular formula is C10H21NS. The van der Waals surface area contributed by atoms with Crippen molar-refractivity contribution in [3.8, 4) is 0 Å². The number of likely N-dealkylation sites (tertiary alicyclic amines) is 1. The van der Waals surface area contributed by atoms with Gasteiger partial charge in [0.15, 0.2) is 0 Å². The largest absolute Gasteiger partial charge is 0.302 e. The second-order valence-corrected chi connectivity index (χ2v) is 5.20. The Morgan fingerprint density at radius 3 is 2.58 bits per heavy atom. The van der Waals surface area contributed by atoms with E-state index in [1.807, 2.05) is 11.8 Å². The van der Waals surface area contributed by atoms with Crippen LogP contribution in [0.4, 0.5) is 0 Å². The zero-order valence-electron chi connectivity index (χ0n) is 8.71. The number of hydrogen-bond acceptors (Lipinski definition) is 2. The lowest BCUT2D eigenvalue weighted by atomic mass is 9.94. The summed E-state index contributed by atoms with van der Waals surface area (Å²) in [5.74, 6) is 3.10. The predicted octanol–water partition coefficient (Wildman–Crippen LogP) is 2.33.